The molecule has 1 atom stereocenters. The fraction of sp³-hybridized carbons (Fsp3) is 0.500. The smallest absolute Gasteiger partial charge is 0.365 e. The lowest BCUT2D eigenvalue weighted by Crippen LogP contribution is -2.46. The summed E-state index contributed by atoms with van der Waals surface area (Å²) >= 11 is 0. The van der Waals surface area contributed by atoms with Gasteiger partial charge in [0.15, 0.2) is 11.5 Å². The highest BCUT2D eigenvalue weighted by atomic mass is 16.5. The molecular weight excluding hydrogens is 394 g/mol. The van der Waals surface area contributed by atoms with Gasteiger partial charge in [0.25, 0.3) is 0 Å². The first kappa shape index (κ1) is 22.6. The number of ether oxygens (including phenoxy) is 2. The summed E-state index contributed by atoms with van der Waals surface area (Å²) in [5, 5.41) is 0. The molecule has 1 fully saturated rings. The number of ketones is 1. The number of aliphatic imine (C=N–C) groups is 1. The van der Waals surface area contributed by atoms with E-state index in [9.17, 15) is 9.59 Å². The van der Waals surface area contributed by atoms with Gasteiger partial charge < -0.3 is 19.3 Å². The molecule has 166 valence electrons. The monoisotopic (exact) mass is 425 g/mol. The lowest BCUT2D eigenvalue weighted by atomic mass is 10.0. The Hall–Kier alpha value is -3.05. The van der Waals surface area contributed by atoms with Crippen LogP contribution in [0.1, 0.15) is 39.0 Å². The zero-order valence-electron chi connectivity index (χ0n) is 18.4. The zero-order chi connectivity index (χ0) is 22.2. The average Bonchev–Trinajstić information content (AvgIpc) is 2.86. The number of piperidine rings is 1. The van der Waals surface area contributed by atoms with Crippen LogP contribution >= 0.6 is 0 Å². The number of Topliss-reactive ketones (excluding diaryl/α,β-unsaturated/α-hetero) is 1. The summed E-state index contributed by atoms with van der Waals surface area (Å²) in [5.41, 5.74) is 3.61. The van der Waals surface area contributed by atoms with Crippen molar-refractivity contribution >= 4 is 17.7 Å². The van der Waals surface area contributed by atoms with Crippen molar-refractivity contribution in [3.63, 3.8) is 0 Å². The summed E-state index contributed by atoms with van der Waals surface area (Å²) in [5.74, 6) is 0.858. The van der Waals surface area contributed by atoms with Gasteiger partial charge in [0.1, 0.15) is 5.78 Å². The Bertz CT molecular complexity index is 867. The number of carbonyl (C=O) groups is 2. The molecule has 3 rings (SSSR count). The number of hydrogen-bond acceptors (Lipinski definition) is 7. The molecule has 1 saturated heterocycles. The van der Waals surface area contributed by atoms with Crippen LogP contribution in [-0.4, -0.2) is 60.9 Å². The maximum Gasteiger partial charge on any atom is 0.365 e. The summed E-state index contributed by atoms with van der Waals surface area (Å²) in [7, 11) is 1.83. The van der Waals surface area contributed by atoms with Gasteiger partial charge in [0.05, 0.1) is 18.9 Å². The van der Waals surface area contributed by atoms with Gasteiger partial charge in [-0.1, -0.05) is 30.9 Å². The summed E-state index contributed by atoms with van der Waals surface area (Å²) < 4.78 is 11.3. The van der Waals surface area contributed by atoms with Crippen molar-refractivity contribution in [3.8, 4) is 0 Å². The van der Waals surface area contributed by atoms with Gasteiger partial charge in [0, 0.05) is 38.9 Å². The van der Waals surface area contributed by atoms with Crippen molar-refractivity contribution in [2.45, 2.75) is 39.0 Å². The van der Waals surface area contributed by atoms with Gasteiger partial charge in [0.2, 0.25) is 5.96 Å². The Morgan fingerprint density at radius 2 is 2.06 bits per heavy atom. The van der Waals surface area contributed by atoms with Crippen molar-refractivity contribution in [1.29, 1.82) is 0 Å². The molecular formula is C24H31N3O4. The summed E-state index contributed by atoms with van der Waals surface area (Å²) in [6, 6.07) is 0. The summed E-state index contributed by atoms with van der Waals surface area (Å²) in [6.07, 6.45) is 12.5. The highest BCUT2D eigenvalue weighted by Gasteiger charge is 2.28. The minimum absolute atomic E-state index is 0.0467. The van der Waals surface area contributed by atoms with Crippen molar-refractivity contribution < 1.29 is 19.1 Å². The first-order chi connectivity index (χ1) is 15.0. The largest absolute Gasteiger partial charge is 0.483 e. The van der Waals surface area contributed by atoms with E-state index >= 15 is 0 Å². The Balaban J connectivity index is 1.86. The van der Waals surface area contributed by atoms with Crippen LogP contribution in [0.15, 0.2) is 58.8 Å². The highest BCUT2D eigenvalue weighted by Crippen LogP contribution is 2.23. The fourth-order valence-electron chi connectivity index (χ4n) is 3.61. The molecule has 0 N–H and O–H groups in total. The maximum atomic E-state index is 12.5. The number of esters is 1. The molecule has 3 aliphatic rings. The van der Waals surface area contributed by atoms with Crippen LogP contribution in [0.3, 0.4) is 0 Å². The van der Waals surface area contributed by atoms with E-state index in [1.807, 2.05) is 11.9 Å². The molecule has 7 heteroatoms. The Morgan fingerprint density at radius 1 is 1.29 bits per heavy atom. The summed E-state index contributed by atoms with van der Waals surface area (Å²) in [4.78, 5) is 32.5. The van der Waals surface area contributed by atoms with Crippen LogP contribution in [0.5, 0.6) is 0 Å². The van der Waals surface area contributed by atoms with Gasteiger partial charge in [-0.2, -0.15) is 4.99 Å². The SMILES string of the molecule is C=C1C(OCC2/C=C\C/C=C\CC2)=C=C(C(=O)OCC)N=C(N2CCC(=O)CC2)N1C. The van der Waals surface area contributed by atoms with E-state index in [4.69, 9.17) is 9.47 Å². The fourth-order valence-corrected chi connectivity index (χ4v) is 3.61. The third-order valence-electron chi connectivity index (χ3n) is 5.48. The molecule has 0 aromatic rings. The molecule has 0 aromatic carbocycles. The number of nitrogens with zero attached hydrogens (tertiary/aromatic N) is 3. The van der Waals surface area contributed by atoms with Gasteiger partial charge >= 0.3 is 5.97 Å². The second-order valence-electron chi connectivity index (χ2n) is 7.75. The quantitative estimate of drug-likeness (QED) is 0.382. The predicted octanol–water partition coefficient (Wildman–Crippen LogP) is 3.33. The van der Waals surface area contributed by atoms with Crippen LogP contribution in [0.4, 0.5) is 0 Å². The van der Waals surface area contributed by atoms with E-state index < -0.39 is 5.97 Å². The van der Waals surface area contributed by atoms with Gasteiger partial charge in [-0.05, 0) is 31.9 Å². The average molecular weight is 426 g/mol. The molecule has 0 aromatic heterocycles. The molecule has 2 heterocycles. The molecule has 0 radical (unpaired) electrons. The van der Waals surface area contributed by atoms with Crippen LogP contribution in [0.25, 0.3) is 0 Å². The van der Waals surface area contributed by atoms with E-state index in [0.717, 1.165) is 19.3 Å². The third-order valence-corrected chi connectivity index (χ3v) is 5.48. The number of rotatable bonds is 5. The molecule has 0 spiro atoms. The molecule has 31 heavy (non-hydrogen) atoms. The van der Waals surface area contributed by atoms with Crippen molar-refractivity contribution in [2.75, 3.05) is 33.4 Å². The molecule has 2 aliphatic heterocycles. The molecule has 0 amide bonds. The van der Waals surface area contributed by atoms with E-state index in [0.29, 0.717) is 50.0 Å². The lowest BCUT2D eigenvalue weighted by molar-refractivity contribution is -0.138. The highest BCUT2D eigenvalue weighted by molar-refractivity contribution is 5.94. The number of likely N-dealkylation sites (tertiary alicyclic amines) is 1. The second-order valence-corrected chi connectivity index (χ2v) is 7.75. The van der Waals surface area contributed by atoms with Crippen molar-refractivity contribution in [1.82, 2.24) is 9.80 Å². The molecule has 1 unspecified atom stereocenters. The Morgan fingerprint density at radius 3 is 2.81 bits per heavy atom. The predicted molar refractivity (Wildman–Crippen MR) is 119 cm³/mol. The second kappa shape index (κ2) is 10.8. The number of likely N-dealkylation sites (N-methyl/N-ethyl adjacent to an activating group) is 1. The molecule has 0 saturated carbocycles. The topological polar surface area (TPSA) is 71.4 Å². The standard InChI is InChI=1S/C24H31N3O4/c1-4-30-23(29)21-16-22(31-17-19-10-8-6-5-7-9-11-19)18(2)26(3)24(25-21)27-14-12-20(28)13-15-27/h5-6,9,11,19H,2,4,7-8,10,12-15,17H2,1,3H3/b6-5-,11-9-. The Labute approximate surface area is 184 Å². The van der Waals surface area contributed by atoms with E-state index in [1.54, 1.807) is 11.8 Å². The van der Waals surface area contributed by atoms with Crippen LogP contribution in [0, 0.1) is 5.92 Å². The molecule has 7 nitrogen and oxygen atoms in total. The first-order valence-electron chi connectivity index (χ1n) is 10.9. The maximum absolute atomic E-state index is 12.5. The van der Waals surface area contributed by atoms with Crippen molar-refractivity contribution in [2.24, 2.45) is 10.9 Å². The van der Waals surface area contributed by atoms with Crippen LogP contribution in [-0.2, 0) is 19.1 Å². The molecule has 0 bridgehead atoms. The van der Waals surface area contributed by atoms with E-state index in [2.05, 4.69) is 41.6 Å². The van der Waals surface area contributed by atoms with E-state index in [1.165, 1.54) is 0 Å². The van der Waals surface area contributed by atoms with Crippen LogP contribution in [0.2, 0.25) is 0 Å². The van der Waals surface area contributed by atoms with Gasteiger partial charge in [-0.15, -0.1) is 0 Å². The number of hydrogen-bond donors (Lipinski definition) is 0. The van der Waals surface area contributed by atoms with Crippen LogP contribution < -0.4 is 0 Å². The lowest BCUT2D eigenvalue weighted by Gasteiger charge is -2.34. The van der Waals surface area contributed by atoms with Gasteiger partial charge in [-0.25, -0.2) is 4.79 Å². The Kier molecular flexibility index (Phi) is 7.90. The number of carbonyl (C=O) groups excluding carboxylic acids is 2. The minimum atomic E-state index is -0.562. The summed E-state index contributed by atoms with van der Waals surface area (Å²) in [6.45, 7) is 7.70. The van der Waals surface area contributed by atoms with Gasteiger partial charge in [-0.3, -0.25) is 4.79 Å². The first-order valence-corrected chi connectivity index (χ1v) is 10.9. The normalized spacial score (nSPS) is 24.2. The number of guanidine groups is 1. The number of allylic oxidation sites excluding steroid dienone is 3. The van der Waals surface area contributed by atoms with E-state index in [-0.39, 0.29) is 24.0 Å². The van der Waals surface area contributed by atoms with Crippen molar-refractivity contribution in [3.05, 3.63) is 53.8 Å². The zero-order valence-corrected chi connectivity index (χ0v) is 18.4. The minimum Gasteiger partial charge on any atom is -0.483 e. The molecule has 1 aliphatic carbocycles. The third kappa shape index (κ3) is 5.98.